The van der Waals surface area contributed by atoms with Crippen LogP contribution in [0.15, 0.2) is 42.5 Å². The maximum absolute atomic E-state index is 12.2. The van der Waals surface area contributed by atoms with Crippen molar-refractivity contribution in [2.75, 3.05) is 13.1 Å². The van der Waals surface area contributed by atoms with Crippen molar-refractivity contribution in [2.45, 2.75) is 19.4 Å². The highest BCUT2D eigenvalue weighted by atomic mass is 16.4. The van der Waals surface area contributed by atoms with Gasteiger partial charge in [-0.05, 0) is 35.2 Å². The van der Waals surface area contributed by atoms with Gasteiger partial charge in [-0.1, -0.05) is 36.4 Å². The number of hydrogen-bond acceptors (Lipinski definition) is 2. The SMILES string of the molecule is O=C(O)[C@@H]1CCCN(C(=O)NCc2ccc3ccccc3c2)C1. The zero-order valence-corrected chi connectivity index (χ0v) is 12.9. The van der Waals surface area contributed by atoms with Gasteiger partial charge >= 0.3 is 12.0 Å². The smallest absolute Gasteiger partial charge is 0.317 e. The average molecular weight is 312 g/mol. The van der Waals surface area contributed by atoms with Crippen molar-refractivity contribution in [1.82, 2.24) is 10.2 Å². The molecule has 2 amide bonds. The van der Waals surface area contributed by atoms with E-state index in [1.807, 2.05) is 30.3 Å². The fourth-order valence-corrected chi connectivity index (χ4v) is 3.00. The van der Waals surface area contributed by atoms with Gasteiger partial charge in [0.15, 0.2) is 0 Å². The second-order valence-electron chi connectivity index (χ2n) is 5.96. The number of likely N-dealkylation sites (tertiary alicyclic amines) is 1. The maximum Gasteiger partial charge on any atom is 0.317 e. The summed E-state index contributed by atoms with van der Waals surface area (Å²) in [7, 11) is 0. The number of rotatable bonds is 3. The van der Waals surface area contributed by atoms with E-state index in [-0.39, 0.29) is 6.03 Å². The Morgan fingerprint density at radius 3 is 2.74 bits per heavy atom. The molecule has 2 aromatic carbocycles. The molecule has 2 N–H and O–H groups in total. The number of hydrogen-bond donors (Lipinski definition) is 2. The van der Waals surface area contributed by atoms with Crippen molar-refractivity contribution < 1.29 is 14.7 Å². The molecule has 23 heavy (non-hydrogen) atoms. The van der Waals surface area contributed by atoms with Gasteiger partial charge in [-0.2, -0.15) is 0 Å². The highest BCUT2D eigenvalue weighted by Gasteiger charge is 2.27. The summed E-state index contributed by atoms with van der Waals surface area (Å²) in [5, 5.41) is 14.3. The number of benzene rings is 2. The number of nitrogens with zero attached hydrogens (tertiary/aromatic N) is 1. The van der Waals surface area contributed by atoms with E-state index in [2.05, 4.69) is 17.4 Å². The van der Waals surface area contributed by atoms with Gasteiger partial charge in [0.2, 0.25) is 0 Å². The van der Waals surface area contributed by atoms with Crippen LogP contribution in [0.1, 0.15) is 18.4 Å². The molecule has 0 bridgehead atoms. The summed E-state index contributed by atoms with van der Waals surface area (Å²) in [6, 6.07) is 14.0. The lowest BCUT2D eigenvalue weighted by Gasteiger charge is -2.30. The number of carbonyl (C=O) groups excluding carboxylic acids is 1. The monoisotopic (exact) mass is 312 g/mol. The molecule has 0 spiro atoms. The van der Waals surface area contributed by atoms with E-state index in [0.29, 0.717) is 26.1 Å². The Morgan fingerprint density at radius 1 is 1.17 bits per heavy atom. The quantitative estimate of drug-likeness (QED) is 0.915. The molecule has 2 aromatic rings. The van der Waals surface area contributed by atoms with Gasteiger partial charge in [-0.25, -0.2) is 4.79 Å². The number of aliphatic carboxylic acids is 1. The fraction of sp³-hybridized carbons (Fsp3) is 0.333. The van der Waals surface area contributed by atoms with Gasteiger partial charge in [-0.15, -0.1) is 0 Å². The zero-order valence-electron chi connectivity index (χ0n) is 12.9. The molecule has 3 rings (SSSR count). The van der Waals surface area contributed by atoms with Crippen LogP contribution >= 0.6 is 0 Å². The summed E-state index contributed by atoms with van der Waals surface area (Å²) in [6.07, 6.45) is 1.38. The number of piperidine rings is 1. The Hall–Kier alpha value is -2.56. The lowest BCUT2D eigenvalue weighted by molar-refractivity contribution is -0.143. The first-order valence-electron chi connectivity index (χ1n) is 7.87. The number of carboxylic acid groups (broad SMARTS) is 1. The third-order valence-electron chi connectivity index (χ3n) is 4.32. The topological polar surface area (TPSA) is 69.6 Å². The van der Waals surface area contributed by atoms with Crippen LogP contribution in [0.3, 0.4) is 0 Å². The molecule has 1 saturated heterocycles. The minimum Gasteiger partial charge on any atom is -0.481 e. The molecule has 0 saturated carbocycles. The van der Waals surface area contributed by atoms with Crippen molar-refractivity contribution >= 4 is 22.8 Å². The van der Waals surface area contributed by atoms with E-state index in [4.69, 9.17) is 5.11 Å². The van der Waals surface area contributed by atoms with Gasteiger partial charge in [0.25, 0.3) is 0 Å². The van der Waals surface area contributed by atoms with Crippen molar-refractivity contribution in [2.24, 2.45) is 5.92 Å². The molecule has 120 valence electrons. The van der Waals surface area contributed by atoms with Gasteiger partial charge in [-0.3, -0.25) is 4.79 Å². The molecule has 5 heteroatoms. The van der Waals surface area contributed by atoms with Crippen LogP contribution in [0.4, 0.5) is 4.79 Å². The van der Waals surface area contributed by atoms with Crippen molar-refractivity contribution in [3.63, 3.8) is 0 Å². The molecule has 0 radical (unpaired) electrons. The second-order valence-corrected chi connectivity index (χ2v) is 5.96. The van der Waals surface area contributed by atoms with Gasteiger partial charge in [0.05, 0.1) is 5.92 Å². The number of nitrogens with one attached hydrogen (secondary N) is 1. The Bertz CT molecular complexity index is 729. The third kappa shape index (κ3) is 3.62. The number of carboxylic acids is 1. The van der Waals surface area contributed by atoms with E-state index in [0.717, 1.165) is 17.4 Å². The van der Waals surface area contributed by atoms with E-state index in [1.165, 1.54) is 5.39 Å². The average Bonchev–Trinajstić information content (AvgIpc) is 2.59. The summed E-state index contributed by atoms with van der Waals surface area (Å²) in [5.74, 6) is -1.27. The van der Waals surface area contributed by atoms with Crippen LogP contribution in [-0.2, 0) is 11.3 Å². The zero-order chi connectivity index (χ0) is 16.2. The maximum atomic E-state index is 12.2. The first-order chi connectivity index (χ1) is 11.1. The Kier molecular flexibility index (Phi) is 4.46. The van der Waals surface area contributed by atoms with E-state index >= 15 is 0 Å². The molecule has 1 fully saturated rings. The first-order valence-corrected chi connectivity index (χ1v) is 7.87. The molecule has 0 aliphatic carbocycles. The van der Waals surface area contributed by atoms with Crippen LogP contribution in [0.5, 0.6) is 0 Å². The van der Waals surface area contributed by atoms with Crippen molar-refractivity contribution in [3.05, 3.63) is 48.0 Å². The number of amides is 2. The van der Waals surface area contributed by atoms with Crippen LogP contribution < -0.4 is 5.32 Å². The standard InChI is InChI=1S/C18H20N2O3/c21-17(22)16-6-3-9-20(12-16)18(23)19-11-13-7-8-14-4-1-2-5-15(14)10-13/h1-2,4-5,7-8,10,16H,3,6,9,11-12H2,(H,19,23)(H,21,22)/t16-/m1/s1. The summed E-state index contributed by atoms with van der Waals surface area (Å²) >= 11 is 0. The van der Waals surface area contributed by atoms with E-state index in [1.54, 1.807) is 4.90 Å². The minimum atomic E-state index is -0.822. The predicted octanol–water partition coefficient (Wildman–Crippen LogP) is 2.85. The summed E-state index contributed by atoms with van der Waals surface area (Å²) in [5.41, 5.74) is 1.03. The molecule has 1 aliphatic heterocycles. The number of urea groups is 1. The Morgan fingerprint density at radius 2 is 1.96 bits per heavy atom. The third-order valence-corrected chi connectivity index (χ3v) is 4.32. The first kappa shape index (κ1) is 15.3. The highest BCUT2D eigenvalue weighted by Crippen LogP contribution is 2.18. The molecule has 5 nitrogen and oxygen atoms in total. The number of carbonyl (C=O) groups is 2. The Labute approximate surface area is 134 Å². The molecular formula is C18H20N2O3. The lowest BCUT2D eigenvalue weighted by Crippen LogP contribution is -2.46. The van der Waals surface area contributed by atoms with Gasteiger partial charge in [0, 0.05) is 19.6 Å². The molecule has 0 aromatic heterocycles. The van der Waals surface area contributed by atoms with E-state index in [9.17, 15) is 9.59 Å². The Balaban J connectivity index is 1.60. The van der Waals surface area contributed by atoms with E-state index < -0.39 is 11.9 Å². The van der Waals surface area contributed by atoms with Gasteiger partial charge < -0.3 is 15.3 Å². The summed E-state index contributed by atoms with van der Waals surface area (Å²) in [4.78, 5) is 24.9. The van der Waals surface area contributed by atoms with Crippen molar-refractivity contribution in [3.8, 4) is 0 Å². The minimum absolute atomic E-state index is 0.191. The van der Waals surface area contributed by atoms with Crippen LogP contribution in [0, 0.1) is 5.92 Å². The van der Waals surface area contributed by atoms with Crippen LogP contribution in [0.25, 0.3) is 10.8 Å². The largest absolute Gasteiger partial charge is 0.481 e. The highest BCUT2D eigenvalue weighted by molar-refractivity contribution is 5.83. The normalized spacial score (nSPS) is 17.9. The predicted molar refractivity (Wildman–Crippen MR) is 88.1 cm³/mol. The van der Waals surface area contributed by atoms with Crippen LogP contribution in [-0.4, -0.2) is 35.1 Å². The molecule has 1 aliphatic rings. The fourth-order valence-electron chi connectivity index (χ4n) is 3.00. The van der Waals surface area contributed by atoms with Gasteiger partial charge in [0.1, 0.15) is 0 Å². The lowest BCUT2D eigenvalue weighted by atomic mass is 9.99. The van der Waals surface area contributed by atoms with Crippen LogP contribution in [0.2, 0.25) is 0 Å². The summed E-state index contributed by atoms with van der Waals surface area (Å²) in [6.45, 7) is 1.35. The number of fused-ring (bicyclic) bond motifs is 1. The van der Waals surface area contributed by atoms with Crippen molar-refractivity contribution in [1.29, 1.82) is 0 Å². The molecule has 1 atom stereocenters. The molecular weight excluding hydrogens is 292 g/mol. The summed E-state index contributed by atoms with van der Waals surface area (Å²) < 4.78 is 0. The molecule has 1 heterocycles. The molecule has 0 unspecified atom stereocenters. The second kappa shape index (κ2) is 6.69.